The molecule has 0 spiro atoms. The van der Waals surface area contributed by atoms with Crippen molar-refractivity contribution >= 4 is 40.3 Å². The Hall–Kier alpha value is -5.28. The summed E-state index contributed by atoms with van der Waals surface area (Å²) in [7, 11) is 1.47. The van der Waals surface area contributed by atoms with Gasteiger partial charge in [-0.3, -0.25) is 14.9 Å². The SMILES string of the molecule is COc1cc(/C=N/NC(=O)c2cc(-c3ccccc3)nc3ccccc23)cc(Cl)c1OCc1cccc([N+](=O)[O-])c1. The third-order valence-electron chi connectivity index (χ3n) is 6.17. The maximum Gasteiger partial charge on any atom is 0.272 e. The number of hydrogen-bond acceptors (Lipinski definition) is 7. The van der Waals surface area contributed by atoms with Crippen molar-refractivity contribution in [1.29, 1.82) is 0 Å². The summed E-state index contributed by atoms with van der Waals surface area (Å²) in [5, 5.41) is 16.1. The Balaban J connectivity index is 1.34. The molecule has 0 saturated carbocycles. The lowest BCUT2D eigenvalue weighted by molar-refractivity contribution is -0.384. The van der Waals surface area contributed by atoms with E-state index in [1.165, 1.54) is 25.5 Å². The van der Waals surface area contributed by atoms with Crippen LogP contribution >= 0.6 is 11.6 Å². The molecule has 1 aromatic heterocycles. The van der Waals surface area contributed by atoms with Gasteiger partial charge in [-0.2, -0.15) is 5.10 Å². The van der Waals surface area contributed by atoms with Gasteiger partial charge in [-0.15, -0.1) is 0 Å². The predicted molar refractivity (Wildman–Crippen MR) is 158 cm³/mol. The summed E-state index contributed by atoms with van der Waals surface area (Å²) in [6.45, 7) is 0.0477. The molecular formula is C31H23ClN4O5. The number of nitrogens with one attached hydrogen (secondary N) is 1. The first-order chi connectivity index (χ1) is 19.9. The number of nitro benzene ring substituents is 1. The van der Waals surface area contributed by atoms with Crippen LogP contribution in [0.1, 0.15) is 21.5 Å². The molecule has 0 aliphatic rings. The maximum atomic E-state index is 13.2. The van der Waals surface area contributed by atoms with Crippen LogP contribution in [-0.2, 0) is 6.61 Å². The van der Waals surface area contributed by atoms with Crippen molar-refractivity contribution in [3.63, 3.8) is 0 Å². The Morgan fingerprint density at radius 3 is 2.59 bits per heavy atom. The Morgan fingerprint density at radius 2 is 1.80 bits per heavy atom. The van der Waals surface area contributed by atoms with Crippen LogP contribution in [0.25, 0.3) is 22.2 Å². The van der Waals surface area contributed by atoms with E-state index in [2.05, 4.69) is 10.5 Å². The number of hydrazone groups is 1. The summed E-state index contributed by atoms with van der Waals surface area (Å²) in [6, 6.07) is 28.2. The molecule has 5 aromatic rings. The van der Waals surface area contributed by atoms with Crippen LogP contribution in [0.5, 0.6) is 11.5 Å². The lowest BCUT2D eigenvalue weighted by Gasteiger charge is -2.13. The number of amides is 1. The van der Waals surface area contributed by atoms with Gasteiger partial charge in [0.1, 0.15) is 6.61 Å². The summed E-state index contributed by atoms with van der Waals surface area (Å²) in [5.74, 6) is 0.217. The van der Waals surface area contributed by atoms with Crippen LogP contribution in [0.4, 0.5) is 5.69 Å². The number of para-hydroxylation sites is 1. The average Bonchev–Trinajstić information content (AvgIpc) is 3.00. The molecule has 10 heteroatoms. The van der Waals surface area contributed by atoms with Crippen molar-refractivity contribution in [3.8, 4) is 22.8 Å². The minimum absolute atomic E-state index is 0.0335. The number of halogens is 1. The molecule has 9 nitrogen and oxygen atoms in total. The van der Waals surface area contributed by atoms with Crippen LogP contribution < -0.4 is 14.9 Å². The summed E-state index contributed by atoms with van der Waals surface area (Å²) < 4.78 is 11.3. The number of non-ortho nitro benzene ring substituents is 1. The van der Waals surface area contributed by atoms with E-state index < -0.39 is 10.8 Å². The number of nitrogens with zero attached hydrogens (tertiary/aromatic N) is 3. The summed E-state index contributed by atoms with van der Waals surface area (Å²) in [6.07, 6.45) is 1.44. The monoisotopic (exact) mass is 566 g/mol. The Morgan fingerprint density at radius 1 is 1.02 bits per heavy atom. The number of pyridine rings is 1. The van der Waals surface area contributed by atoms with Crippen molar-refractivity contribution < 1.29 is 19.2 Å². The van der Waals surface area contributed by atoms with Crippen molar-refractivity contribution in [1.82, 2.24) is 10.4 Å². The first-order valence-electron chi connectivity index (χ1n) is 12.4. The molecule has 1 N–H and O–H groups in total. The molecular weight excluding hydrogens is 544 g/mol. The minimum atomic E-state index is -0.469. The molecule has 5 rings (SSSR count). The number of aromatic nitrogens is 1. The quantitative estimate of drug-likeness (QED) is 0.119. The van der Waals surface area contributed by atoms with E-state index in [1.807, 2.05) is 54.6 Å². The smallest absolute Gasteiger partial charge is 0.272 e. The number of carbonyl (C=O) groups is 1. The minimum Gasteiger partial charge on any atom is -0.493 e. The summed E-state index contributed by atoms with van der Waals surface area (Å²) in [4.78, 5) is 28.5. The highest BCUT2D eigenvalue weighted by molar-refractivity contribution is 6.32. The number of methoxy groups -OCH3 is 1. The fourth-order valence-corrected chi connectivity index (χ4v) is 4.49. The van der Waals surface area contributed by atoms with Gasteiger partial charge in [0.25, 0.3) is 11.6 Å². The predicted octanol–water partition coefficient (Wildman–Crippen LogP) is 6.81. The lowest BCUT2D eigenvalue weighted by atomic mass is 10.0. The second-order valence-electron chi connectivity index (χ2n) is 8.89. The topological polar surface area (TPSA) is 116 Å². The second-order valence-corrected chi connectivity index (χ2v) is 9.29. The van der Waals surface area contributed by atoms with Gasteiger partial charge >= 0.3 is 0 Å². The lowest BCUT2D eigenvalue weighted by Crippen LogP contribution is -2.18. The van der Waals surface area contributed by atoms with E-state index in [0.29, 0.717) is 39.0 Å². The molecule has 0 unspecified atom stereocenters. The van der Waals surface area contributed by atoms with Gasteiger partial charge in [-0.25, -0.2) is 10.4 Å². The van der Waals surface area contributed by atoms with Crippen molar-refractivity contribution in [3.05, 3.63) is 129 Å². The molecule has 0 saturated heterocycles. The first-order valence-corrected chi connectivity index (χ1v) is 12.8. The van der Waals surface area contributed by atoms with Gasteiger partial charge in [-0.05, 0) is 35.4 Å². The van der Waals surface area contributed by atoms with E-state index in [9.17, 15) is 14.9 Å². The van der Waals surface area contributed by atoms with Crippen LogP contribution in [0.3, 0.4) is 0 Å². The molecule has 0 aliphatic carbocycles. The zero-order chi connectivity index (χ0) is 28.8. The van der Waals surface area contributed by atoms with Gasteiger partial charge in [0.05, 0.1) is 40.0 Å². The number of ether oxygens (including phenoxy) is 2. The van der Waals surface area contributed by atoms with Crippen LogP contribution in [0.2, 0.25) is 5.02 Å². The molecule has 0 atom stereocenters. The molecule has 0 fully saturated rings. The van der Waals surface area contributed by atoms with Crippen molar-refractivity contribution in [2.75, 3.05) is 7.11 Å². The summed E-state index contributed by atoms with van der Waals surface area (Å²) >= 11 is 6.47. The molecule has 41 heavy (non-hydrogen) atoms. The zero-order valence-electron chi connectivity index (χ0n) is 21.8. The number of fused-ring (bicyclic) bond motifs is 1. The normalized spacial score (nSPS) is 11.0. The Kier molecular flexibility index (Phi) is 8.17. The number of hydrogen-bond donors (Lipinski definition) is 1. The standard InChI is InChI=1S/C31H23ClN4O5/c1-40-29-16-21(15-26(32)30(29)41-19-20-8-7-11-23(14-20)36(38)39)18-33-35-31(37)25-17-28(22-9-3-2-4-10-22)34-27-13-6-5-12-24(25)27/h2-18H,19H2,1H3,(H,35,37)/b33-18+. The van der Waals surface area contributed by atoms with Crippen LogP contribution in [-0.4, -0.2) is 29.1 Å². The maximum absolute atomic E-state index is 13.2. The highest BCUT2D eigenvalue weighted by atomic mass is 35.5. The molecule has 0 aliphatic heterocycles. The van der Waals surface area contributed by atoms with Crippen LogP contribution in [0, 0.1) is 10.1 Å². The average molecular weight is 567 g/mol. The van der Waals surface area contributed by atoms with Crippen molar-refractivity contribution in [2.45, 2.75) is 6.61 Å². The molecule has 1 heterocycles. The highest BCUT2D eigenvalue weighted by Crippen LogP contribution is 2.36. The molecule has 0 bridgehead atoms. The van der Waals surface area contributed by atoms with Gasteiger partial charge in [0.15, 0.2) is 11.5 Å². The van der Waals surface area contributed by atoms with Gasteiger partial charge in [0, 0.05) is 23.1 Å². The third kappa shape index (κ3) is 6.32. The number of benzene rings is 4. The number of carbonyl (C=O) groups excluding carboxylic acids is 1. The second kappa shape index (κ2) is 12.3. The number of rotatable bonds is 9. The van der Waals surface area contributed by atoms with Gasteiger partial charge in [0.2, 0.25) is 0 Å². The van der Waals surface area contributed by atoms with E-state index in [0.717, 1.165) is 5.56 Å². The van der Waals surface area contributed by atoms with E-state index in [4.69, 9.17) is 26.1 Å². The fraction of sp³-hybridized carbons (Fsp3) is 0.0645. The Labute approximate surface area is 240 Å². The van der Waals surface area contributed by atoms with Crippen molar-refractivity contribution in [2.24, 2.45) is 5.10 Å². The van der Waals surface area contributed by atoms with Gasteiger partial charge in [-0.1, -0.05) is 72.3 Å². The van der Waals surface area contributed by atoms with Gasteiger partial charge < -0.3 is 9.47 Å². The molecule has 1 amide bonds. The Bertz CT molecular complexity index is 1780. The zero-order valence-corrected chi connectivity index (χ0v) is 22.5. The number of nitro groups is 1. The molecule has 0 radical (unpaired) electrons. The van der Waals surface area contributed by atoms with Crippen LogP contribution in [0.15, 0.2) is 102 Å². The summed E-state index contributed by atoms with van der Waals surface area (Å²) in [5.41, 5.74) is 6.41. The fourth-order valence-electron chi connectivity index (χ4n) is 4.22. The van der Waals surface area contributed by atoms with E-state index >= 15 is 0 Å². The largest absolute Gasteiger partial charge is 0.493 e. The molecule has 204 valence electrons. The third-order valence-corrected chi connectivity index (χ3v) is 6.45. The molecule has 4 aromatic carbocycles. The highest BCUT2D eigenvalue weighted by Gasteiger charge is 2.15. The van der Waals surface area contributed by atoms with E-state index in [1.54, 1.807) is 30.3 Å². The van der Waals surface area contributed by atoms with E-state index in [-0.39, 0.29) is 23.1 Å². The first kappa shape index (κ1) is 27.3.